The molecule has 6 nitrogen and oxygen atoms in total. The van der Waals surface area contributed by atoms with Crippen molar-refractivity contribution in [1.82, 2.24) is 10.2 Å². The number of carbonyl (C=O) groups excluding carboxylic acids is 1. The van der Waals surface area contributed by atoms with Gasteiger partial charge in [0, 0.05) is 11.3 Å². The first-order valence-corrected chi connectivity index (χ1v) is 9.60. The molecule has 1 aliphatic carbocycles. The molecule has 0 amide bonds. The highest BCUT2D eigenvalue weighted by Crippen LogP contribution is 2.35. The van der Waals surface area contributed by atoms with E-state index in [1.807, 2.05) is 31.2 Å². The molecule has 1 aromatic heterocycles. The van der Waals surface area contributed by atoms with Crippen LogP contribution >= 0.6 is 0 Å². The Bertz CT molecular complexity index is 1040. The van der Waals surface area contributed by atoms with Gasteiger partial charge in [-0.1, -0.05) is 30.4 Å². The van der Waals surface area contributed by atoms with E-state index in [1.54, 1.807) is 31.6 Å². The van der Waals surface area contributed by atoms with Gasteiger partial charge in [-0.3, -0.25) is 5.10 Å². The van der Waals surface area contributed by atoms with Crippen molar-refractivity contribution in [3.05, 3.63) is 83.2 Å². The number of nitrogens with zero attached hydrogens (tertiary/aromatic N) is 1. The molecule has 1 aromatic carbocycles. The molecular formula is C23H22N2O4. The summed E-state index contributed by atoms with van der Waals surface area (Å²) >= 11 is 0. The number of allylic oxidation sites excluding steroid dienone is 4. The first-order chi connectivity index (χ1) is 14.2. The van der Waals surface area contributed by atoms with Crippen molar-refractivity contribution in [3.8, 4) is 11.3 Å². The number of esters is 1. The quantitative estimate of drug-likeness (QED) is 0.725. The fourth-order valence-electron chi connectivity index (χ4n) is 3.30. The Morgan fingerprint density at radius 1 is 1.21 bits per heavy atom. The lowest BCUT2D eigenvalue weighted by molar-refractivity contribution is 0.0526. The van der Waals surface area contributed by atoms with Crippen molar-refractivity contribution in [2.24, 2.45) is 0 Å². The SMILES string of the molecule is CCOC(=O)c1ccc(-c2n[nH]c(C)c2C2=COC=C(C3=CC=CCC3)O2)cc1. The Balaban J connectivity index is 1.61. The Morgan fingerprint density at radius 3 is 2.72 bits per heavy atom. The van der Waals surface area contributed by atoms with Gasteiger partial charge in [0.2, 0.25) is 0 Å². The molecule has 0 fully saturated rings. The summed E-state index contributed by atoms with van der Waals surface area (Å²) in [5.41, 5.74) is 4.88. The number of hydrogen-bond acceptors (Lipinski definition) is 5. The molecule has 2 aromatic rings. The Morgan fingerprint density at radius 2 is 2.00 bits per heavy atom. The number of rotatable bonds is 5. The molecule has 1 aliphatic heterocycles. The highest BCUT2D eigenvalue weighted by atomic mass is 16.5. The third-order valence-corrected chi connectivity index (χ3v) is 4.76. The van der Waals surface area contributed by atoms with E-state index in [1.165, 1.54) is 0 Å². The highest BCUT2D eigenvalue weighted by molar-refractivity contribution is 5.90. The molecule has 29 heavy (non-hydrogen) atoms. The van der Waals surface area contributed by atoms with Gasteiger partial charge in [-0.25, -0.2) is 4.79 Å². The van der Waals surface area contributed by atoms with Crippen LogP contribution in [0.5, 0.6) is 0 Å². The first kappa shape index (κ1) is 18.8. The summed E-state index contributed by atoms with van der Waals surface area (Å²) in [6.07, 6.45) is 11.3. The number of H-pyrrole nitrogens is 1. The zero-order valence-electron chi connectivity index (χ0n) is 16.4. The Labute approximate surface area is 169 Å². The molecule has 0 spiro atoms. The lowest BCUT2D eigenvalue weighted by atomic mass is 10.0. The molecule has 1 N–H and O–H groups in total. The number of nitrogens with one attached hydrogen (secondary N) is 1. The second-order valence-corrected chi connectivity index (χ2v) is 6.73. The molecule has 0 unspecified atom stereocenters. The lowest BCUT2D eigenvalue weighted by Gasteiger charge is -2.20. The van der Waals surface area contributed by atoms with Crippen LogP contribution in [0, 0.1) is 6.92 Å². The monoisotopic (exact) mass is 390 g/mol. The normalized spacial score (nSPS) is 15.6. The van der Waals surface area contributed by atoms with Crippen LogP contribution in [0.4, 0.5) is 0 Å². The van der Waals surface area contributed by atoms with Crippen molar-refractivity contribution < 1.29 is 19.0 Å². The second-order valence-electron chi connectivity index (χ2n) is 6.73. The molecule has 0 radical (unpaired) electrons. The molecule has 0 bridgehead atoms. The van der Waals surface area contributed by atoms with Gasteiger partial charge in [0.25, 0.3) is 0 Å². The molecule has 0 atom stereocenters. The van der Waals surface area contributed by atoms with Crippen LogP contribution in [0.2, 0.25) is 0 Å². The van der Waals surface area contributed by atoms with E-state index in [9.17, 15) is 4.79 Å². The van der Waals surface area contributed by atoms with Crippen LogP contribution in [-0.4, -0.2) is 22.8 Å². The number of aromatic nitrogens is 2. The molecule has 0 saturated heterocycles. The predicted octanol–water partition coefficient (Wildman–Crippen LogP) is 5.02. The van der Waals surface area contributed by atoms with Crippen molar-refractivity contribution in [2.45, 2.75) is 26.7 Å². The average molecular weight is 390 g/mol. The summed E-state index contributed by atoms with van der Waals surface area (Å²) in [5.74, 6) is 0.957. The van der Waals surface area contributed by atoms with Gasteiger partial charge in [0.15, 0.2) is 11.5 Å². The number of hydrogen-bond donors (Lipinski definition) is 1. The summed E-state index contributed by atoms with van der Waals surface area (Å²) in [6, 6.07) is 7.16. The Hall–Kier alpha value is -3.54. The lowest BCUT2D eigenvalue weighted by Crippen LogP contribution is -2.05. The number of benzene rings is 1. The molecular weight excluding hydrogens is 368 g/mol. The standard InChI is InChI=1S/C23H22N2O4/c1-3-28-23(26)18-11-9-17(10-12-18)22-21(15(2)24-25-22)20-14-27-13-19(29-20)16-7-5-4-6-8-16/h4-5,7,9-14H,3,6,8H2,1-2H3,(H,24,25). The van der Waals surface area contributed by atoms with Crippen LogP contribution in [0.1, 0.15) is 41.4 Å². The minimum atomic E-state index is -0.339. The molecule has 2 aliphatic rings. The maximum Gasteiger partial charge on any atom is 0.338 e. The maximum atomic E-state index is 11.9. The largest absolute Gasteiger partial charge is 0.465 e. The number of aromatic amines is 1. The summed E-state index contributed by atoms with van der Waals surface area (Å²) in [4.78, 5) is 11.9. The minimum Gasteiger partial charge on any atom is -0.465 e. The van der Waals surface area contributed by atoms with E-state index in [0.717, 1.165) is 40.9 Å². The van der Waals surface area contributed by atoms with E-state index < -0.39 is 0 Å². The smallest absolute Gasteiger partial charge is 0.338 e. The van der Waals surface area contributed by atoms with Crippen molar-refractivity contribution in [3.63, 3.8) is 0 Å². The van der Waals surface area contributed by atoms with Crippen LogP contribution in [0.25, 0.3) is 17.0 Å². The van der Waals surface area contributed by atoms with Gasteiger partial charge in [-0.05, 0) is 44.4 Å². The number of aryl methyl sites for hydroxylation is 1. The van der Waals surface area contributed by atoms with Crippen molar-refractivity contribution in [1.29, 1.82) is 0 Å². The maximum absolute atomic E-state index is 11.9. The molecule has 148 valence electrons. The van der Waals surface area contributed by atoms with Gasteiger partial charge in [0.05, 0.1) is 17.7 Å². The van der Waals surface area contributed by atoms with E-state index in [4.69, 9.17) is 14.2 Å². The van der Waals surface area contributed by atoms with Crippen molar-refractivity contribution in [2.75, 3.05) is 6.61 Å². The third kappa shape index (κ3) is 3.87. The molecule has 2 heterocycles. The molecule has 4 rings (SSSR count). The predicted molar refractivity (Wildman–Crippen MR) is 109 cm³/mol. The van der Waals surface area contributed by atoms with Gasteiger partial charge < -0.3 is 14.2 Å². The van der Waals surface area contributed by atoms with Gasteiger partial charge >= 0.3 is 5.97 Å². The van der Waals surface area contributed by atoms with Gasteiger partial charge in [-0.2, -0.15) is 5.10 Å². The first-order valence-electron chi connectivity index (χ1n) is 9.60. The third-order valence-electron chi connectivity index (χ3n) is 4.76. The van der Waals surface area contributed by atoms with Gasteiger partial charge in [-0.15, -0.1) is 0 Å². The van der Waals surface area contributed by atoms with Crippen molar-refractivity contribution >= 4 is 11.7 Å². The van der Waals surface area contributed by atoms with E-state index in [-0.39, 0.29) is 5.97 Å². The van der Waals surface area contributed by atoms with Crippen LogP contribution in [0.3, 0.4) is 0 Å². The fourth-order valence-corrected chi connectivity index (χ4v) is 3.30. The number of ether oxygens (including phenoxy) is 3. The Kier molecular flexibility index (Phi) is 5.33. The summed E-state index contributed by atoms with van der Waals surface area (Å²) in [6.45, 7) is 4.06. The highest BCUT2D eigenvalue weighted by Gasteiger charge is 2.23. The van der Waals surface area contributed by atoms with E-state index in [0.29, 0.717) is 23.7 Å². The average Bonchev–Trinajstić information content (AvgIpc) is 3.16. The zero-order valence-corrected chi connectivity index (χ0v) is 16.4. The fraction of sp³-hybridized carbons (Fsp3) is 0.217. The van der Waals surface area contributed by atoms with E-state index in [2.05, 4.69) is 16.3 Å². The topological polar surface area (TPSA) is 73.4 Å². The number of carbonyl (C=O) groups is 1. The molecule has 0 saturated carbocycles. The summed E-state index contributed by atoms with van der Waals surface area (Å²) in [7, 11) is 0. The van der Waals surface area contributed by atoms with Gasteiger partial charge in [0.1, 0.15) is 18.2 Å². The van der Waals surface area contributed by atoms with Crippen LogP contribution in [-0.2, 0) is 14.2 Å². The second kappa shape index (κ2) is 8.22. The van der Waals surface area contributed by atoms with E-state index >= 15 is 0 Å². The summed E-state index contributed by atoms with van der Waals surface area (Å²) < 4.78 is 16.8. The zero-order chi connectivity index (χ0) is 20.2. The minimum absolute atomic E-state index is 0.339. The van der Waals surface area contributed by atoms with Crippen LogP contribution in [0.15, 0.2) is 66.3 Å². The summed E-state index contributed by atoms with van der Waals surface area (Å²) in [5, 5.41) is 7.47. The van der Waals surface area contributed by atoms with Crippen LogP contribution < -0.4 is 0 Å². The molecule has 6 heteroatoms.